The zero-order chi connectivity index (χ0) is 13.8. The van der Waals surface area contributed by atoms with Crippen LogP contribution >= 0.6 is 0 Å². The number of hydrogen-bond donors (Lipinski definition) is 1. The summed E-state index contributed by atoms with van der Waals surface area (Å²) in [6.07, 6.45) is -1.40. The lowest BCUT2D eigenvalue weighted by Gasteiger charge is -2.11. The van der Waals surface area contributed by atoms with Crippen LogP contribution in [0.5, 0.6) is 6.01 Å². The highest BCUT2D eigenvalue weighted by Gasteiger charge is 2.10. The fraction of sp³-hybridized carbons (Fsp3) is 0.167. The Balaban J connectivity index is 2.52. The normalized spacial score (nSPS) is 10.0. The Labute approximate surface area is 109 Å². The van der Waals surface area contributed by atoms with Gasteiger partial charge in [-0.3, -0.25) is 0 Å². The lowest BCUT2D eigenvalue weighted by molar-refractivity contribution is -0.242. The summed E-state index contributed by atoms with van der Waals surface area (Å²) < 4.78 is 4.97. The van der Waals surface area contributed by atoms with Gasteiger partial charge < -0.3 is 20.0 Å². The third-order valence-corrected chi connectivity index (χ3v) is 2.31. The van der Waals surface area contributed by atoms with E-state index in [1.54, 1.807) is 31.2 Å². The van der Waals surface area contributed by atoms with E-state index in [0.717, 1.165) is 0 Å². The number of anilines is 1. The van der Waals surface area contributed by atoms with Gasteiger partial charge in [-0.2, -0.15) is 9.97 Å². The minimum absolute atomic E-state index is 0.172. The Morgan fingerprint density at radius 2 is 2.00 bits per heavy atom. The topological polar surface area (TPSA) is 100 Å². The summed E-state index contributed by atoms with van der Waals surface area (Å²) in [5.41, 5.74) is 0.866. The summed E-state index contributed by atoms with van der Waals surface area (Å²) in [5.74, 6) is 0.804. The van der Waals surface area contributed by atoms with Gasteiger partial charge in [0.1, 0.15) is 11.9 Å². The second-order valence-corrected chi connectivity index (χ2v) is 3.65. The number of carbonyl (C=O) groups excluding carboxylic acids is 1. The third-order valence-electron chi connectivity index (χ3n) is 2.31. The van der Waals surface area contributed by atoms with Crippen molar-refractivity contribution in [2.45, 2.75) is 6.92 Å². The number of amides is 1. The molecule has 0 bridgehead atoms. The van der Waals surface area contributed by atoms with Crippen LogP contribution in [0.3, 0.4) is 0 Å². The van der Waals surface area contributed by atoms with Gasteiger partial charge in [0.05, 0.1) is 12.8 Å². The Kier molecular flexibility index (Phi) is 3.56. The number of aromatic nitrogens is 3. The van der Waals surface area contributed by atoms with Crippen molar-refractivity contribution in [1.82, 2.24) is 15.0 Å². The van der Waals surface area contributed by atoms with Crippen molar-refractivity contribution in [3.8, 4) is 17.4 Å². The van der Waals surface area contributed by atoms with Crippen LogP contribution in [-0.2, 0) is 0 Å². The van der Waals surface area contributed by atoms with Crippen molar-refractivity contribution < 1.29 is 14.6 Å². The number of rotatable bonds is 3. The SMILES string of the molecule is COc1nc(C)nc(-c2ccccc2NC(=O)[O-])n1. The van der Waals surface area contributed by atoms with E-state index in [4.69, 9.17) is 4.74 Å². The highest BCUT2D eigenvalue weighted by molar-refractivity contribution is 5.88. The van der Waals surface area contributed by atoms with E-state index in [1.165, 1.54) is 7.11 Å². The van der Waals surface area contributed by atoms with E-state index in [2.05, 4.69) is 20.3 Å². The van der Waals surface area contributed by atoms with E-state index in [0.29, 0.717) is 22.9 Å². The molecule has 0 aliphatic heterocycles. The molecule has 2 rings (SSSR count). The van der Waals surface area contributed by atoms with E-state index in [-0.39, 0.29) is 6.01 Å². The molecule has 0 atom stereocenters. The van der Waals surface area contributed by atoms with Crippen LogP contribution < -0.4 is 15.2 Å². The second kappa shape index (κ2) is 5.30. The molecule has 0 unspecified atom stereocenters. The number of para-hydroxylation sites is 1. The molecule has 2 aromatic rings. The molecule has 0 spiro atoms. The maximum Gasteiger partial charge on any atom is 0.319 e. The van der Waals surface area contributed by atoms with Gasteiger partial charge in [-0.1, -0.05) is 12.1 Å². The molecule has 7 heteroatoms. The molecule has 1 aromatic heterocycles. The molecular weight excluding hydrogens is 248 g/mol. The number of ether oxygens (including phenoxy) is 1. The lowest BCUT2D eigenvalue weighted by atomic mass is 10.1. The molecule has 1 aromatic carbocycles. The highest BCUT2D eigenvalue weighted by Crippen LogP contribution is 2.25. The van der Waals surface area contributed by atoms with Crippen LogP contribution in [0.15, 0.2) is 24.3 Å². The standard InChI is InChI=1S/C12H12N4O3/c1-7-13-10(16-11(14-7)19-2)8-5-3-4-6-9(8)15-12(17)18/h3-6,15H,1-2H3,(H,17,18)/p-1. The molecule has 0 aliphatic carbocycles. The van der Waals surface area contributed by atoms with Gasteiger partial charge in [-0.15, -0.1) is 0 Å². The smallest absolute Gasteiger partial charge is 0.319 e. The maximum absolute atomic E-state index is 10.6. The van der Waals surface area contributed by atoms with E-state index >= 15 is 0 Å². The van der Waals surface area contributed by atoms with Crippen LogP contribution in [0, 0.1) is 6.92 Å². The average Bonchev–Trinajstić information content (AvgIpc) is 2.38. The number of carboxylic acid groups (broad SMARTS) is 1. The molecule has 0 saturated heterocycles. The molecule has 7 nitrogen and oxygen atoms in total. The first-order valence-electron chi connectivity index (χ1n) is 5.44. The quantitative estimate of drug-likeness (QED) is 0.866. The molecule has 98 valence electrons. The lowest BCUT2D eigenvalue weighted by Crippen LogP contribution is -2.29. The Bertz CT molecular complexity index is 616. The monoisotopic (exact) mass is 259 g/mol. The van der Waals surface area contributed by atoms with Crippen LogP contribution in [0.25, 0.3) is 11.4 Å². The average molecular weight is 259 g/mol. The van der Waals surface area contributed by atoms with Crippen LogP contribution in [0.2, 0.25) is 0 Å². The summed E-state index contributed by atoms with van der Waals surface area (Å²) in [6.45, 7) is 1.70. The van der Waals surface area contributed by atoms with Gasteiger partial charge in [0.15, 0.2) is 5.82 Å². The number of nitrogens with one attached hydrogen (secondary N) is 1. The molecule has 1 N–H and O–H groups in total. The Morgan fingerprint density at radius 3 is 2.68 bits per heavy atom. The van der Waals surface area contributed by atoms with Crippen molar-refractivity contribution in [3.63, 3.8) is 0 Å². The first-order valence-corrected chi connectivity index (χ1v) is 5.44. The summed E-state index contributed by atoms with van der Waals surface area (Å²) >= 11 is 0. The zero-order valence-corrected chi connectivity index (χ0v) is 10.4. The summed E-state index contributed by atoms with van der Waals surface area (Å²) in [5, 5.41) is 12.8. The molecule has 0 fully saturated rings. The predicted octanol–water partition coefficient (Wildman–Crippen LogP) is 0.611. The second-order valence-electron chi connectivity index (χ2n) is 3.65. The van der Waals surface area contributed by atoms with Gasteiger partial charge in [0.2, 0.25) is 0 Å². The van der Waals surface area contributed by atoms with Gasteiger partial charge in [-0.05, 0) is 19.1 Å². The van der Waals surface area contributed by atoms with E-state index in [1.807, 2.05) is 0 Å². The first-order chi connectivity index (χ1) is 9.10. The van der Waals surface area contributed by atoms with Crippen molar-refractivity contribution in [2.75, 3.05) is 12.4 Å². The Hall–Kier alpha value is -2.70. The number of hydrogen-bond acceptors (Lipinski definition) is 6. The molecular formula is C12H11N4O3-. The summed E-state index contributed by atoms with van der Waals surface area (Å²) in [4.78, 5) is 22.9. The molecule has 19 heavy (non-hydrogen) atoms. The van der Waals surface area contributed by atoms with Crippen LogP contribution in [0.4, 0.5) is 10.5 Å². The van der Waals surface area contributed by atoms with Crippen molar-refractivity contribution in [3.05, 3.63) is 30.1 Å². The van der Waals surface area contributed by atoms with Gasteiger partial charge in [0, 0.05) is 5.56 Å². The fourth-order valence-electron chi connectivity index (χ4n) is 1.57. The van der Waals surface area contributed by atoms with Crippen LogP contribution in [-0.4, -0.2) is 28.2 Å². The molecule has 1 heterocycles. The number of methoxy groups -OCH3 is 1. The number of aryl methyl sites for hydroxylation is 1. The predicted molar refractivity (Wildman–Crippen MR) is 65.6 cm³/mol. The molecule has 0 radical (unpaired) electrons. The first kappa shape index (κ1) is 12.7. The molecule has 1 amide bonds. The van der Waals surface area contributed by atoms with Crippen molar-refractivity contribution in [1.29, 1.82) is 0 Å². The number of nitrogens with zero attached hydrogens (tertiary/aromatic N) is 3. The van der Waals surface area contributed by atoms with Gasteiger partial charge >= 0.3 is 6.01 Å². The molecule has 0 saturated carbocycles. The van der Waals surface area contributed by atoms with Crippen molar-refractivity contribution in [2.24, 2.45) is 0 Å². The largest absolute Gasteiger partial charge is 0.530 e. The zero-order valence-electron chi connectivity index (χ0n) is 10.4. The Morgan fingerprint density at radius 1 is 1.26 bits per heavy atom. The fourth-order valence-corrected chi connectivity index (χ4v) is 1.57. The summed E-state index contributed by atoms with van der Waals surface area (Å²) in [6, 6.07) is 6.91. The number of carbonyl (C=O) groups is 1. The molecule has 0 aliphatic rings. The van der Waals surface area contributed by atoms with Gasteiger partial charge in [0.25, 0.3) is 0 Å². The maximum atomic E-state index is 10.6. The van der Waals surface area contributed by atoms with Crippen LogP contribution in [0.1, 0.15) is 5.82 Å². The minimum atomic E-state index is -1.40. The van der Waals surface area contributed by atoms with Gasteiger partial charge in [-0.25, -0.2) is 4.98 Å². The highest BCUT2D eigenvalue weighted by atomic mass is 16.5. The van der Waals surface area contributed by atoms with E-state index in [9.17, 15) is 9.90 Å². The van der Waals surface area contributed by atoms with Crippen molar-refractivity contribution >= 4 is 11.8 Å². The third kappa shape index (κ3) is 2.95. The summed E-state index contributed by atoms with van der Waals surface area (Å²) in [7, 11) is 1.45. The minimum Gasteiger partial charge on any atom is -0.530 e. The van der Waals surface area contributed by atoms with E-state index < -0.39 is 6.09 Å². The number of benzene rings is 1.